The van der Waals surface area contributed by atoms with Crippen molar-refractivity contribution in [1.82, 2.24) is 0 Å². The van der Waals surface area contributed by atoms with Gasteiger partial charge in [0.1, 0.15) is 0 Å². The number of hydrogen-bond acceptors (Lipinski definition) is 2. The number of benzene rings is 1. The zero-order valence-corrected chi connectivity index (χ0v) is 13.8. The van der Waals surface area contributed by atoms with E-state index in [1.165, 1.54) is 17.7 Å². The average Bonchev–Trinajstić information content (AvgIpc) is 2.36. The smallest absolute Gasteiger partial charge is 0.0459 e. The van der Waals surface area contributed by atoms with Gasteiger partial charge < -0.3 is 10.6 Å². The van der Waals surface area contributed by atoms with Crippen LogP contribution in [-0.4, -0.2) is 18.6 Å². The Bertz CT molecular complexity index is 458. The molecule has 2 rings (SSSR count). The number of piperidine rings is 1. The number of halogens is 1. The van der Waals surface area contributed by atoms with Crippen molar-refractivity contribution in [3.8, 4) is 0 Å². The standard InChI is InChI=1S/C17H27ClN2/c1-11-8-12(2)14(4)20(10-11)17-7-5-6-16(18)15(17)9-13(3)19/h5-7,11-14H,8-10,19H2,1-4H3. The molecule has 0 amide bonds. The van der Waals surface area contributed by atoms with Crippen LogP contribution < -0.4 is 10.6 Å². The lowest BCUT2D eigenvalue weighted by Crippen LogP contribution is -2.46. The van der Waals surface area contributed by atoms with Crippen LogP contribution in [0, 0.1) is 11.8 Å². The maximum Gasteiger partial charge on any atom is 0.0459 e. The highest BCUT2D eigenvalue weighted by molar-refractivity contribution is 6.31. The topological polar surface area (TPSA) is 29.3 Å². The van der Waals surface area contributed by atoms with E-state index in [4.69, 9.17) is 17.3 Å². The van der Waals surface area contributed by atoms with E-state index >= 15 is 0 Å². The molecule has 0 bridgehead atoms. The molecule has 0 saturated carbocycles. The van der Waals surface area contributed by atoms with E-state index in [-0.39, 0.29) is 6.04 Å². The van der Waals surface area contributed by atoms with Crippen LogP contribution in [0.4, 0.5) is 5.69 Å². The third-order valence-corrected chi connectivity index (χ3v) is 4.88. The zero-order chi connectivity index (χ0) is 14.9. The van der Waals surface area contributed by atoms with Gasteiger partial charge in [-0.3, -0.25) is 0 Å². The lowest BCUT2D eigenvalue weighted by atomic mass is 9.85. The highest BCUT2D eigenvalue weighted by atomic mass is 35.5. The van der Waals surface area contributed by atoms with Crippen LogP contribution in [0.3, 0.4) is 0 Å². The first kappa shape index (κ1) is 15.7. The summed E-state index contributed by atoms with van der Waals surface area (Å²) in [6.45, 7) is 10.2. The van der Waals surface area contributed by atoms with Gasteiger partial charge in [0, 0.05) is 29.3 Å². The average molecular weight is 295 g/mol. The Hall–Kier alpha value is -0.730. The first-order chi connectivity index (χ1) is 9.40. The molecule has 0 spiro atoms. The summed E-state index contributed by atoms with van der Waals surface area (Å²) in [6, 6.07) is 6.91. The van der Waals surface area contributed by atoms with Crippen LogP contribution in [0.1, 0.15) is 39.7 Å². The molecule has 1 aliphatic heterocycles. The number of anilines is 1. The van der Waals surface area contributed by atoms with Crippen molar-refractivity contribution in [2.24, 2.45) is 17.6 Å². The molecule has 112 valence electrons. The van der Waals surface area contributed by atoms with E-state index in [1.54, 1.807) is 0 Å². The van der Waals surface area contributed by atoms with Crippen LogP contribution in [0.15, 0.2) is 18.2 Å². The third kappa shape index (κ3) is 3.29. The van der Waals surface area contributed by atoms with Crippen molar-refractivity contribution >= 4 is 17.3 Å². The van der Waals surface area contributed by atoms with Crippen molar-refractivity contribution < 1.29 is 0 Å². The summed E-state index contributed by atoms with van der Waals surface area (Å²) in [6.07, 6.45) is 2.14. The molecular weight excluding hydrogens is 268 g/mol. The number of nitrogens with zero attached hydrogens (tertiary/aromatic N) is 1. The highest BCUT2D eigenvalue weighted by Crippen LogP contribution is 2.36. The lowest BCUT2D eigenvalue weighted by molar-refractivity contribution is 0.296. The Labute approximate surface area is 128 Å². The Morgan fingerprint density at radius 3 is 2.70 bits per heavy atom. The minimum Gasteiger partial charge on any atom is -0.368 e. The summed E-state index contributed by atoms with van der Waals surface area (Å²) in [5.74, 6) is 1.43. The van der Waals surface area contributed by atoms with Crippen molar-refractivity contribution in [3.05, 3.63) is 28.8 Å². The molecule has 4 atom stereocenters. The largest absolute Gasteiger partial charge is 0.368 e. The minimum absolute atomic E-state index is 0.128. The molecule has 1 aliphatic rings. The summed E-state index contributed by atoms with van der Waals surface area (Å²) in [5, 5.41) is 0.845. The monoisotopic (exact) mass is 294 g/mol. The minimum atomic E-state index is 0.128. The number of nitrogens with two attached hydrogens (primary N) is 1. The molecule has 1 heterocycles. The van der Waals surface area contributed by atoms with Crippen molar-refractivity contribution in [1.29, 1.82) is 0 Å². The second-order valence-electron chi connectivity index (χ2n) is 6.63. The van der Waals surface area contributed by atoms with Gasteiger partial charge in [0.2, 0.25) is 0 Å². The van der Waals surface area contributed by atoms with Crippen molar-refractivity contribution in [2.75, 3.05) is 11.4 Å². The van der Waals surface area contributed by atoms with Gasteiger partial charge in [-0.2, -0.15) is 0 Å². The molecule has 0 aliphatic carbocycles. The molecule has 1 aromatic carbocycles. The molecular formula is C17H27ClN2. The van der Waals surface area contributed by atoms with Gasteiger partial charge in [-0.25, -0.2) is 0 Å². The normalized spacial score (nSPS) is 28.5. The van der Waals surface area contributed by atoms with E-state index < -0.39 is 0 Å². The number of rotatable bonds is 3. The van der Waals surface area contributed by atoms with E-state index in [1.807, 2.05) is 13.0 Å². The van der Waals surface area contributed by atoms with E-state index in [0.29, 0.717) is 12.0 Å². The molecule has 1 saturated heterocycles. The SMILES string of the molecule is CC(N)Cc1c(Cl)cccc1N1CC(C)CC(C)C1C. The quantitative estimate of drug-likeness (QED) is 0.909. The molecule has 1 aromatic rings. The second kappa shape index (κ2) is 6.36. The Balaban J connectivity index is 2.38. The fraction of sp³-hybridized carbons (Fsp3) is 0.647. The lowest BCUT2D eigenvalue weighted by Gasteiger charge is -2.43. The van der Waals surface area contributed by atoms with Gasteiger partial charge in [0.15, 0.2) is 0 Å². The Morgan fingerprint density at radius 1 is 1.35 bits per heavy atom. The van der Waals surface area contributed by atoms with Gasteiger partial charge >= 0.3 is 0 Å². The van der Waals surface area contributed by atoms with E-state index in [2.05, 4.69) is 37.8 Å². The maximum atomic E-state index is 6.43. The van der Waals surface area contributed by atoms with Gasteiger partial charge in [-0.1, -0.05) is 31.5 Å². The van der Waals surface area contributed by atoms with Crippen LogP contribution >= 0.6 is 11.6 Å². The fourth-order valence-electron chi connectivity index (χ4n) is 3.37. The van der Waals surface area contributed by atoms with Gasteiger partial charge in [-0.05, 0) is 56.2 Å². The zero-order valence-electron chi connectivity index (χ0n) is 13.1. The second-order valence-corrected chi connectivity index (χ2v) is 7.04. The van der Waals surface area contributed by atoms with Crippen molar-refractivity contribution in [3.63, 3.8) is 0 Å². The van der Waals surface area contributed by atoms with Gasteiger partial charge in [-0.15, -0.1) is 0 Å². The molecule has 20 heavy (non-hydrogen) atoms. The molecule has 0 radical (unpaired) electrons. The summed E-state index contributed by atoms with van der Waals surface area (Å²) >= 11 is 6.43. The molecule has 2 nitrogen and oxygen atoms in total. The van der Waals surface area contributed by atoms with Crippen LogP contribution in [-0.2, 0) is 6.42 Å². The van der Waals surface area contributed by atoms with Crippen LogP contribution in [0.5, 0.6) is 0 Å². The maximum absolute atomic E-state index is 6.43. The predicted molar refractivity (Wildman–Crippen MR) is 88.6 cm³/mol. The number of hydrogen-bond donors (Lipinski definition) is 1. The van der Waals surface area contributed by atoms with E-state index in [0.717, 1.165) is 23.9 Å². The molecule has 3 heteroatoms. The third-order valence-electron chi connectivity index (χ3n) is 4.53. The first-order valence-electron chi connectivity index (χ1n) is 7.69. The summed E-state index contributed by atoms with van der Waals surface area (Å²) < 4.78 is 0. The molecule has 0 aromatic heterocycles. The first-order valence-corrected chi connectivity index (χ1v) is 8.07. The highest BCUT2D eigenvalue weighted by Gasteiger charge is 2.30. The summed E-state index contributed by atoms with van der Waals surface area (Å²) in [4.78, 5) is 2.53. The predicted octanol–water partition coefficient (Wildman–Crippen LogP) is 4.10. The molecule has 4 unspecified atom stereocenters. The Kier molecular flexibility index (Phi) is 4.98. The van der Waals surface area contributed by atoms with Crippen LogP contribution in [0.25, 0.3) is 0 Å². The van der Waals surface area contributed by atoms with E-state index in [9.17, 15) is 0 Å². The van der Waals surface area contributed by atoms with Gasteiger partial charge in [0.05, 0.1) is 0 Å². The molecule has 1 fully saturated rings. The summed E-state index contributed by atoms with van der Waals surface area (Å²) in [7, 11) is 0. The fourth-order valence-corrected chi connectivity index (χ4v) is 3.62. The summed E-state index contributed by atoms with van der Waals surface area (Å²) in [5.41, 5.74) is 8.49. The Morgan fingerprint density at radius 2 is 2.05 bits per heavy atom. The van der Waals surface area contributed by atoms with Gasteiger partial charge in [0.25, 0.3) is 0 Å². The van der Waals surface area contributed by atoms with Crippen LogP contribution in [0.2, 0.25) is 5.02 Å². The molecule has 2 N–H and O–H groups in total. The van der Waals surface area contributed by atoms with Crippen molar-refractivity contribution in [2.45, 2.75) is 52.6 Å².